The third-order valence-corrected chi connectivity index (χ3v) is 4.55. The van der Waals surface area contributed by atoms with Gasteiger partial charge in [0.25, 0.3) is 5.91 Å². The lowest BCUT2D eigenvalue weighted by atomic mass is 10.1. The molecule has 0 radical (unpaired) electrons. The molecular formula is C20H28N2O5. The highest BCUT2D eigenvalue weighted by molar-refractivity contribution is 5.94. The van der Waals surface area contributed by atoms with Crippen LogP contribution in [0.3, 0.4) is 0 Å². The number of likely N-dealkylation sites (tertiary alicyclic amines) is 1. The zero-order valence-corrected chi connectivity index (χ0v) is 16.1. The molecule has 0 bridgehead atoms. The highest BCUT2D eigenvalue weighted by Gasteiger charge is 2.15. The van der Waals surface area contributed by atoms with Gasteiger partial charge in [-0.2, -0.15) is 0 Å². The number of ether oxygens (including phenoxy) is 2. The smallest absolute Gasteiger partial charge is 0.257 e. The Morgan fingerprint density at radius 2 is 1.78 bits per heavy atom. The van der Waals surface area contributed by atoms with Crippen LogP contribution < -0.4 is 14.8 Å². The fraction of sp³-hybridized carbons (Fsp3) is 0.550. The van der Waals surface area contributed by atoms with Gasteiger partial charge in [0, 0.05) is 31.6 Å². The number of ketones is 1. The fourth-order valence-corrected chi connectivity index (χ4v) is 2.99. The Labute approximate surface area is 160 Å². The summed E-state index contributed by atoms with van der Waals surface area (Å²) in [6.45, 7) is 3.19. The van der Waals surface area contributed by atoms with Crippen LogP contribution >= 0.6 is 0 Å². The number of nitrogens with zero attached hydrogens (tertiary/aromatic N) is 1. The Morgan fingerprint density at radius 1 is 1.07 bits per heavy atom. The number of methoxy groups -OCH3 is 1. The first kappa shape index (κ1) is 20.7. The number of hydrogen-bond donors (Lipinski definition) is 1. The maximum Gasteiger partial charge on any atom is 0.257 e. The molecule has 0 saturated carbocycles. The Bertz CT molecular complexity index is 666. The van der Waals surface area contributed by atoms with Crippen molar-refractivity contribution in [1.82, 2.24) is 10.2 Å². The molecule has 148 valence electrons. The van der Waals surface area contributed by atoms with Crippen LogP contribution in [-0.4, -0.2) is 55.8 Å². The summed E-state index contributed by atoms with van der Waals surface area (Å²) in [5, 5.41) is 2.70. The average Bonchev–Trinajstić information content (AvgIpc) is 2.95. The molecule has 27 heavy (non-hydrogen) atoms. The Balaban J connectivity index is 1.74. The summed E-state index contributed by atoms with van der Waals surface area (Å²) < 4.78 is 10.7. The number of carbonyl (C=O) groups is 3. The third-order valence-electron chi connectivity index (χ3n) is 4.55. The van der Waals surface area contributed by atoms with Crippen LogP contribution in [0.1, 0.15) is 49.4 Å². The van der Waals surface area contributed by atoms with E-state index in [1.165, 1.54) is 26.9 Å². The standard InChI is InChI=1S/C20H28N2O5/c1-15(23)16-7-8-17(18(13-16)26-2)27-14-19(24)21-10-9-20(25)22-11-5-3-4-6-12-22/h7-8,13H,3-6,9-12,14H2,1-2H3,(H,21,24). The molecule has 7 nitrogen and oxygen atoms in total. The second kappa shape index (κ2) is 10.5. The van der Waals surface area contributed by atoms with Crippen molar-refractivity contribution in [1.29, 1.82) is 0 Å². The summed E-state index contributed by atoms with van der Waals surface area (Å²) >= 11 is 0. The summed E-state index contributed by atoms with van der Waals surface area (Å²) in [5.41, 5.74) is 0.510. The van der Waals surface area contributed by atoms with E-state index in [1.807, 2.05) is 4.90 Å². The van der Waals surface area contributed by atoms with E-state index in [-0.39, 0.29) is 30.7 Å². The molecule has 1 fully saturated rings. The predicted molar refractivity (Wildman–Crippen MR) is 101 cm³/mol. The zero-order chi connectivity index (χ0) is 19.6. The molecule has 2 rings (SSSR count). The second-order valence-corrected chi connectivity index (χ2v) is 6.61. The van der Waals surface area contributed by atoms with Crippen molar-refractivity contribution in [2.75, 3.05) is 33.4 Å². The van der Waals surface area contributed by atoms with Crippen molar-refractivity contribution >= 4 is 17.6 Å². The number of amides is 2. The Hall–Kier alpha value is -2.57. The van der Waals surface area contributed by atoms with Gasteiger partial charge >= 0.3 is 0 Å². The van der Waals surface area contributed by atoms with Gasteiger partial charge in [-0.1, -0.05) is 12.8 Å². The molecule has 0 aliphatic carbocycles. The molecule has 0 unspecified atom stereocenters. The lowest BCUT2D eigenvalue weighted by Gasteiger charge is -2.20. The van der Waals surface area contributed by atoms with Gasteiger partial charge in [-0.25, -0.2) is 0 Å². The molecule has 1 heterocycles. The van der Waals surface area contributed by atoms with Gasteiger partial charge in [0.2, 0.25) is 5.91 Å². The van der Waals surface area contributed by atoms with Crippen LogP contribution in [-0.2, 0) is 9.59 Å². The van der Waals surface area contributed by atoms with E-state index < -0.39 is 0 Å². The molecule has 0 spiro atoms. The van der Waals surface area contributed by atoms with Crippen molar-refractivity contribution in [3.8, 4) is 11.5 Å². The largest absolute Gasteiger partial charge is 0.493 e. The van der Waals surface area contributed by atoms with Crippen LogP contribution in [0.2, 0.25) is 0 Å². The van der Waals surface area contributed by atoms with Gasteiger partial charge < -0.3 is 19.7 Å². The van der Waals surface area contributed by atoms with E-state index >= 15 is 0 Å². The molecule has 1 aliphatic heterocycles. The molecular weight excluding hydrogens is 348 g/mol. The topological polar surface area (TPSA) is 84.9 Å². The van der Waals surface area contributed by atoms with Crippen LogP contribution in [0.15, 0.2) is 18.2 Å². The van der Waals surface area contributed by atoms with Gasteiger partial charge in [0.05, 0.1) is 7.11 Å². The van der Waals surface area contributed by atoms with E-state index in [0.29, 0.717) is 23.5 Å². The Kier molecular flexibility index (Phi) is 8.10. The van der Waals surface area contributed by atoms with Crippen molar-refractivity contribution in [3.63, 3.8) is 0 Å². The lowest BCUT2D eigenvalue weighted by Crippen LogP contribution is -2.36. The molecule has 1 saturated heterocycles. The summed E-state index contributed by atoms with van der Waals surface area (Å²) in [7, 11) is 1.47. The minimum atomic E-state index is -0.309. The number of benzene rings is 1. The summed E-state index contributed by atoms with van der Waals surface area (Å²) in [5.74, 6) is 0.479. The predicted octanol–water partition coefficient (Wildman–Crippen LogP) is 2.19. The molecule has 1 N–H and O–H groups in total. The highest BCUT2D eigenvalue weighted by Crippen LogP contribution is 2.28. The van der Waals surface area contributed by atoms with E-state index in [4.69, 9.17) is 9.47 Å². The molecule has 0 atom stereocenters. The van der Waals surface area contributed by atoms with E-state index in [1.54, 1.807) is 18.2 Å². The van der Waals surface area contributed by atoms with Crippen molar-refractivity contribution in [3.05, 3.63) is 23.8 Å². The van der Waals surface area contributed by atoms with Crippen LogP contribution in [0.25, 0.3) is 0 Å². The van der Waals surface area contributed by atoms with E-state index in [2.05, 4.69) is 5.32 Å². The number of rotatable bonds is 8. The quantitative estimate of drug-likeness (QED) is 0.703. The minimum absolute atomic E-state index is 0.0772. The van der Waals surface area contributed by atoms with Crippen LogP contribution in [0, 0.1) is 0 Å². The molecule has 2 amide bonds. The van der Waals surface area contributed by atoms with Gasteiger partial charge in [-0.3, -0.25) is 14.4 Å². The number of hydrogen-bond acceptors (Lipinski definition) is 5. The zero-order valence-electron chi connectivity index (χ0n) is 16.1. The average molecular weight is 376 g/mol. The second-order valence-electron chi connectivity index (χ2n) is 6.61. The summed E-state index contributed by atoms with van der Waals surface area (Å²) in [4.78, 5) is 37.4. The van der Waals surface area contributed by atoms with Crippen molar-refractivity contribution in [2.24, 2.45) is 0 Å². The first-order chi connectivity index (χ1) is 13.0. The first-order valence-electron chi connectivity index (χ1n) is 9.37. The van der Waals surface area contributed by atoms with Gasteiger partial charge in [-0.15, -0.1) is 0 Å². The van der Waals surface area contributed by atoms with Crippen LogP contribution in [0.4, 0.5) is 0 Å². The molecule has 1 aromatic rings. The molecule has 1 aromatic carbocycles. The molecule has 7 heteroatoms. The normalized spacial score (nSPS) is 14.2. The maximum atomic E-state index is 12.2. The third kappa shape index (κ3) is 6.58. The van der Waals surface area contributed by atoms with E-state index in [9.17, 15) is 14.4 Å². The fourth-order valence-electron chi connectivity index (χ4n) is 2.99. The number of carbonyl (C=O) groups excluding carboxylic acids is 3. The van der Waals surface area contributed by atoms with Crippen molar-refractivity contribution < 1.29 is 23.9 Å². The number of Topliss-reactive ketones (excluding diaryl/α,β-unsaturated/α-hetero) is 1. The lowest BCUT2D eigenvalue weighted by molar-refractivity contribution is -0.131. The summed E-state index contributed by atoms with van der Waals surface area (Å²) in [6, 6.07) is 4.80. The van der Waals surface area contributed by atoms with Gasteiger partial charge in [0.15, 0.2) is 23.9 Å². The van der Waals surface area contributed by atoms with Crippen LogP contribution in [0.5, 0.6) is 11.5 Å². The van der Waals surface area contributed by atoms with E-state index in [0.717, 1.165) is 25.9 Å². The number of nitrogens with one attached hydrogen (secondary N) is 1. The summed E-state index contributed by atoms with van der Waals surface area (Å²) in [6.07, 6.45) is 4.75. The monoisotopic (exact) mass is 376 g/mol. The SMILES string of the molecule is COc1cc(C(C)=O)ccc1OCC(=O)NCCC(=O)N1CCCCCC1. The first-order valence-corrected chi connectivity index (χ1v) is 9.37. The minimum Gasteiger partial charge on any atom is -0.493 e. The van der Waals surface area contributed by atoms with Crippen molar-refractivity contribution in [2.45, 2.75) is 39.0 Å². The molecule has 1 aliphatic rings. The van der Waals surface area contributed by atoms with Gasteiger partial charge in [0.1, 0.15) is 0 Å². The Morgan fingerprint density at radius 3 is 2.41 bits per heavy atom. The molecule has 0 aromatic heterocycles. The highest BCUT2D eigenvalue weighted by atomic mass is 16.5. The van der Waals surface area contributed by atoms with Gasteiger partial charge in [-0.05, 0) is 38.0 Å². The maximum absolute atomic E-state index is 12.2.